The average Bonchev–Trinajstić information content (AvgIpc) is 2.66. The maximum absolute atomic E-state index is 12.2. The fourth-order valence-corrected chi connectivity index (χ4v) is 2.03. The number of para-hydroxylation sites is 1. The largest absolute Gasteiger partial charge is 0.490 e. The van der Waals surface area contributed by atoms with E-state index in [-0.39, 0.29) is 6.61 Å². The predicted molar refractivity (Wildman–Crippen MR) is 96.1 cm³/mol. The zero-order chi connectivity index (χ0) is 18.8. The number of hydrogen-bond acceptors (Lipinski definition) is 5. The quantitative estimate of drug-likeness (QED) is 0.556. The second-order valence-corrected chi connectivity index (χ2v) is 5.44. The van der Waals surface area contributed by atoms with Gasteiger partial charge in [0, 0.05) is 7.11 Å². The third kappa shape index (κ3) is 6.10. The number of benzene rings is 2. The Morgan fingerprint density at radius 2 is 1.65 bits per heavy atom. The van der Waals surface area contributed by atoms with Crippen LogP contribution in [-0.4, -0.2) is 38.7 Å². The molecule has 26 heavy (non-hydrogen) atoms. The van der Waals surface area contributed by atoms with Gasteiger partial charge in [-0.15, -0.1) is 0 Å². The lowest BCUT2D eigenvalue weighted by Crippen LogP contribution is -2.43. The van der Waals surface area contributed by atoms with E-state index in [4.69, 9.17) is 14.2 Å². The van der Waals surface area contributed by atoms with Crippen LogP contribution >= 0.6 is 0 Å². The summed E-state index contributed by atoms with van der Waals surface area (Å²) in [6, 6.07) is 14.1. The molecule has 0 saturated heterocycles. The van der Waals surface area contributed by atoms with Crippen LogP contribution in [0, 0.1) is 6.92 Å². The smallest absolute Gasteiger partial charge is 0.276 e. The molecular weight excluding hydrogens is 336 g/mol. The zero-order valence-electron chi connectivity index (χ0n) is 14.8. The van der Waals surface area contributed by atoms with E-state index in [2.05, 4.69) is 10.9 Å². The third-order valence-electron chi connectivity index (χ3n) is 3.38. The van der Waals surface area contributed by atoms with Crippen molar-refractivity contribution in [2.24, 2.45) is 0 Å². The molecule has 2 rings (SSSR count). The van der Waals surface area contributed by atoms with E-state index in [9.17, 15) is 9.59 Å². The topological polar surface area (TPSA) is 85.9 Å². The third-order valence-corrected chi connectivity index (χ3v) is 3.38. The lowest BCUT2D eigenvalue weighted by molar-refractivity contribution is -0.123. The summed E-state index contributed by atoms with van der Waals surface area (Å²) in [6.45, 7) is 2.47. The molecule has 0 aliphatic carbocycles. The SMILES string of the molecule is COCCOc1ccccc1C(=O)NNC(=O)COc1ccc(C)cc1. The molecule has 0 bridgehead atoms. The molecule has 0 saturated carbocycles. The molecule has 0 aromatic heterocycles. The highest BCUT2D eigenvalue weighted by molar-refractivity contribution is 5.97. The molecule has 138 valence electrons. The molecule has 0 atom stereocenters. The van der Waals surface area contributed by atoms with E-state index < -0.39 is 11.8 Å². The first kappa shape index (κ1) is 19.3. The molecule has 2 aromatic carbocycles. The van der Waals surface area contributed by atoms with E-state index in [0.717, 1.165) is 5.56 Å². The van der Waals surface area contributed by atoms with Crippen molar-refractivity contribution in [3.05, 3.63) is 59.7 Å². The summed E-state index contributed by atoms with van der Waals surface area (Å²) >= 11 is 0. The van der Waals surface area contributed by atoms with Crippen LogP contribution in [0.5, 0.6) is 11.5 Å². The first-order chi connectivity index (χ1) is 12.6. The number of aryl methyl sites for hydroxylation is 1. The van der Waals surface area contributed by atoms with Gasteiger partial charge in [0.25, 0.3) is 11.8 Å². The van der Waals surface area contributed by atoms with Gasteiger partial charge in [-0.05, 0) is 31.2 Å². The molecule has 2 aromatic rings. The summed E-state index contributed by atoms with van der Waals surface area (Å²) < 4.78 is 15.8. The Hall–Kier alpha value is -3.06. The molecule has 2 N–H and O–H groups in total. The number of nitrogens with one attached hydrogen (secondary N) is 2. The van der Waals surface area contributed by atoms with Crippen LogP contribution < -0.4 is 20.3 Å². The summed E-state index contributed by atoms with van der Waals surface area (Å²) in [6.07, 6.45) is 0. The molecule has 0 heterocycles. The van der Waals surface area contributed by atoms with Gasteiger partial charge in [0.15, 0.2) is 6.61 Å². The molecule has 0 aliphatic rings. The lowest BCUT2D eigenvalue weighted by atomic mass is 10.2. The highest BCUT2D eigenvalue weighted by Crippen LogP contribution is 2.17. The molecular formula is C19H22N2O5. The summed E-state index contributed by atoms with van der Waals surface area (Å²) in [5.74, 6) is 0.0274. The Balaban J connectivity index is 1.82. The summed E-state index contributed by atoms with van der Waals surface area (Å²) in [7, 11) is 1.57. The number of rotatable bonds is 8. The monoisotopic (exact) mass is 358 g/mol. The fraction of sp³-hybridized carbons (Fsp3) is 0.263. The highest BCUT2D eigenvalue weighted by Gasteiger charge is 2.13. The number of ether oxygens (including phenoxy) is 3. The second-order valence-electron chi connectivity index (χ2n) is 5.44. The van der Waals surface area contributed by atoms with E-state index in [1.807, 2.05) is 19.1 Å². The standard InChI is InChI=1S/C19H22N2O5/c1-14-7-9-15(10-8-14)26-13-18(22)20-21-19(23)16-5-3-4-6-17(16)25-12-11-24-2/h3-10H,11-13H2,1-2H3,(H,20,22)(H,21,23). The van der Waals surface area contributed by atoms with Gasteiger partial charge >= 0.3 is 0 Å². The number of amides is 2. The van der Waals surface area contributed by atoms with Crippen LogP contribution in [0.4, 0.5) is 0 Å². The average molecular weight is 358 g/mol. The van der Waals surface area contributed by atoms with Crippen molar-refractivity contribution in [3.63, 3.8) is 0 Å². The Morgan fingerprint density at radius 1 is 0.923 bits per heavy atom. The highest BCUT2D eigenvalue weighted by atomic mass is 16.5. The van der Waals surface area contributed by atoms with Gasteiger partial charge in [0.2, 0.25) is 0 Å². The molecule has 7 heteroatoms. The summed E-state index contributed by atoms with van der Waals surface area (Å²) in [5, 5.41) is 0. The van der Waals surface area contributed by atoms with Gasteiger partial charge in [-0.25, -0.2) is 0 Å². The Labute approximate surface area is 152 Å². The van der Waals surface area contributed by atoms with Crippen molar-refractivity contribution in [1.29, 1.82) is 0 Å². The molecule has 2 amide bonds. The van der Waals surface area contributed by atoms with E-state index in [0.29, 0.717) is 30.3 Å². The first-order valence-corrected chi connectivity index (χ1v) is 8.09. The summed E-state index contributed by atoms with van der Waals surface area (Å²) in [5.41, 5.74) is 6.06. The maximum atomic E-state index is 12.2. The normalized spacial score (nSPS) is 10.1. The van der Waals surface area contributed by atoms with Crippen molar-refractivity contribution in [2.75, 3.05) is 26.9 Å². The molecule has 0 fully saturated rings. The molecule has 7 nitrogen and oxygen atoms in total. The second kappa shape index (κ2) is 10.0. The Morgan fingerprint density at radius 3 is 2.38 bits per heavy atom. The number of hydrogen-bond donors (Lipinski definition) is 2. The molecule has 0 aliphatic heterocycles. The summed E-state index contributed by atoms with van der Waals surface area (Å²) in [4.78, 5) is 24.1. The van der Waals surface area contributed by atoms with Gasteiger partial charge in [0.1, 0.15) is 18.1 Å². The van der Waals surface area contributed by atoms with Crippen LogP contribution in [0.15, 0.2) is 48.5 Å². The van der Waals surface area contributed by atoms with Gasteiger partial charge < -0.3 is 14.2 Å². The zero-order valence-corrected chi connectivity index (χ0v) is 14.8. The number of carbonyl (C=O) groups is 2. The van der Waals surface area contributed by atoms with Crippen LogP contribution in [0.2, 0.25) is 0 Å². The Kier molecular flexibility index (Phi) is 7.45. The number of carbonyl (C=O) groups excluding carboxylic acids is 2. The minimum absolute atomic E-state index is 0.213. The van der Waals surface area contributed by atoms with Crippen LogP contribution in [0.3, 0.4) is 0 Å². The fourth-order valence-electron chi connectivity index (χ4n) is 2.03. The van der Waals surface area contributed by atoms with Gasteiger partial charge in [-0.2, -0.15) is 0 Å². The predicted octanol–water partition coefficient (Wildman–Crippen LogP) is 1.86. The van der Waals surface area contributed by atoms with Gasteiger partial charge in [0.05, 0.1) is 12.2 Å². The lowest BCUT2D eigenvalue weighted by Gasteiger charge is -2.12. The minimum atomic E-state index is -0.485. The molecule has 0 spiro atoms. The van der Waals surface area contributed by atoms with Crippen molar-refractivity contribution < 1.29 is 23.8 Å². The van der Waals surface area contributed by atoms with E-state index in [1.54, 1.807) is 43.5 Å². The number of hydrazine groups is 1. The van der Waals surface area contributed by atoms with Crippen molar-refractivity contribution in [2.45, 2.75) is 6.92 Å². The van der Waals surface area contributed by atoms with Crippen molar-refractivity contribution in [3.8, 4) is 11.5 Å². The minimum Gasteiger partial charge on any atom is -0.490 e. The van der Waals surface area contributed by atoms with E-state index >= 15 is 0 Å². The van der Waals surface area contributed by atoms with Crippen LogP contribution in [0.1, 0.15) is 15.9 Å². The van der Waals surface area contributed by atoms with Crippen molar-refractivity contribution in [1.82, 2.24) is 10.9 Å². The van der Waals surface area contributed by atoms with Gasteiger partial charge in [-0.3, -0.25) is 20.4 Å². The Bertz CT molecular complexity index is 731. The van der Waals surface area contributed by atoms with E-state index in [1.165, 1.54) is 0 Å². The van der Waals surface area contributed by atoms with Gasteiger partial charge in [-0.1, -0.05) is 29.8 Å². The first-order valence-electron chi connectivity index (χ1n) is 8.09. The van der Waals surface area contributed by atoms with Crippen molar-refractivity contribution >= 4 is 11.8 Å². The molecule has 0 radical (unpaired) electrons. The van der Waals surface area contributed by atoms with Crippen LogP contribution in [-0.2, 0) is 9.53 Å². The molecule has 0 unspecified atom stereocenters. The maximum Gasteiger partial charge on any atom is 0.276 e. The van der Waals surface area contributed by atoms with Crippen LogP contribution in [0.25, 0.3) is 0 Å². The number of methoxy groups -OCH3 is 1.